The van der Waals surface area contributed by atoms with Gasteiger partial charge in [0.2, 0.25) is 0 Å². The van der Waals surface area contributed by atoms with Gasteiger partial charge in [0, 0.05) is 13.1 Å². The molecule has 0 aromatic carbocycles. The molecule has 1 aromatic rings. The van der Waals surface area contributed by atoms with Crippen LogP contribution >= 0.6 is 0 Å². The van der Waals surface area contributed by atoms with Crippen LogP contribution in [0, 0.1) is 23.7 Å². The van der Waals surface area contributed by atoms with Crippen molar-refractivity contribution in [2.45, 2.75) is 33.2 Å². The van der Waals surface area contributed by atoms with Crippen molar-refractivity contribution in [3.63, 3.8) is 0 Å². The Kier molecular flexibility index (Phi) is 2.92. The van der Waals surface area contributed by atoms with Gasteiger partial charge in [0.25, 0.3) is 0 Å². The molecule has 0 N–H and O–H groups in total. The summed E-state index contributed by atoms with van der Waals surface area (Å²) in [6.45, 7) is 6.46. The highest BCUT2D eigenvalue weighted by molar-refractivity contribution is 5.06. The van der Waals surface area contributed by atoms with Gasteiger partial charge in [-0.3, -0.25) is 4.90 Å². The lowest BCUT2D eigenvalue weighted by atomic mass is 9.83. The van der Waals surface area contributed by atoms with Crippen LogP contribution in [0.2, 0.25) is 0 Å². The highest BCUT2D eigenvalue weighted by Crippen LogP contribution is 2.29. The van der Waals surface area contributed by atoms with E-state index in [1.165, 1.54) is 0 Å². The average molecular weight is 220 g/mol. The van der Waals surface area contributed by atoms with Crippen LogP contribution in [-0.4, -0.2) is 28.3 Å². The van der Waals surface area contributed by atoms with Gasteiger partial charge in [-0.2, -0.15) is 5.26 Å². The van der Waals surface area contributed by atoms with E-state index in [9.17, 15) is 0 Å². The zero-order valence-electron chi connectivity index (χ0n) is 9.73. The number of nitriles is 1. The summed E-state index contributed by atoms with van der Waals surface area (Å²) < 4.78 is 4.67. The average Bonchev–Trinajstić information content (AvgIpc) is 2.65. The smallest absolute Gasteiger partial charge is 0.122 e. The number of hydrogen-bond donors (Lipinski definition) is 0. The first-order valence-corrected chi connectivity index (χ1v) is 5.55. The first-order chi connectivity index (χ1) is 7.63. The van der Waals surface area contributed by atoms with Gasteiger partial charge in [-0.25, -0.2) is 4.63 Å². The van der Waals surface area contributed by atoms with E-state index >= 15 is 0 Å². The Balaban J connectivity index is 2.02. The minimum Gasteiger partial charge on any atom is -0.296 e. The van der Waals surface area contributed by atoms with E-state index in [4.69, 9.17) is 5.26 Å². The van der Waals surface area contributed by atoms with Crippen LogP contribution in [0.25, 0.3) is 0 Å². The number of piperidine rings is 1. The van der Waals surface area contributed by atoms with Gasteiger partial charge < -0.3 is 0 Å². The Hall–Kier alpha value is -1.41. The van der Waals surface area contributed by atoms with E-state index in [1.54, 1.807) is 0 Å². The van der Waals surface area contributed by atoms with Crippen molar-refractivity contribution in [1.82, 2.24) is 15.2 Å². The Labute approximate surface area is 95.0 Å². The lowest BCUT2D eigenvalue weighted by Crippen LogP contribution is -2.40. The fraction of sp³-hybridized carbons (Fsp3) is 0.727. The van der Waals surface area contributed by atoms with Crippen molar-refractivity contribution in [3.8, 4) is 6.07 Å². The summed E-state index contributed by atoms with van der Waals surface area (Å²) in [5.74, 6) is 0. The van der Waals surface area contributed by atoms with Gasteiger partial charge in [0.15, 0.2) is 0 Å². The molecule has 1 fully saturated rings. The van der Waals surface area contributed by atoms with E-state index in [-0.39, 0.29) is 5.41 Å². The minimum atomic E-state index is -0.219. The van der Waals surface area contributed by atoms with Gasteiger partial charge in [0.1, 0.15) is 11.4 Å². The van der Waals surface area contributed by atoms with E-state index in [0.717, 1.165) is 43.9 Å². The molecule has 0 saturated carbocycles. The number of nitrogens with zero attached hydrogens (tertiary/aromatic N) is 4. The van der Waals surface area contributed by atoms with Crippen LogP contribution in [0.15, 0.2) is 4.63 Å². The standard InChI is InChI=1S/C11H16N4O/c1-9-10(14-16-13-9)6-15-5-3-4-11(2,7-12)8-15/h3-6,8H2,1-2H3/t11-/m1/s1. The maximum absolute atomic E-state index is 9.13. The van der Waals surface area contributed by atoms with Crippen molar-refractivity contribution < 1.29 is 4.63 Å². The number of likely N-dealkylation sites (tertiary alicyclic amines) is 1. The van der Waals surface area contributed by atoms with Crippen LogP contribution in [-0.2, 0) is 6.54 Å². The van der Waals surface area contributed by atoms with E-state index in [1.807, 2.05) is 13.8 Å². The van der Waals surface area contributed by atoms with Gasteiger partial charge in [-0.05, 0) is 33.2 Å². The molecule has 5 heteroatoms. The molecule has 0 amide bonds. The third-order valence-electron chi connectivity index (χ3n) is 3.17. The van der Waals surface area contributed by atoms with Gasteiger partial charge in [-0.1, -0.05) is 10.3 Å². The molecule has 0 aliphatic carbocycles. The molecule has 2 heterocycles. The lowest BCUT2D eigenvalue weighted by molar-refractivity contribution is 0.133. The Bertz CT molecular complexity index is 408. The molecule has 1 aromatic heterocycles. The molecule has 0 radical (unpaired) electrons. The van der Waals surface area contributed by atoms with Crippen LogP contribution in [0.4, 0.5) is 0 Å². The molecular weight excluding hydrogens is 204 g/mol. The molecule has 0 unspecified atom stereocenters. The predicted octanol–water partition coefficient (Wildman–Crippen LogP) is 1.50. The Morgan fingerprint density at radius 3 is 3.00 bits per heavy atom. The number of aromatic nitrogens is 2. The minimum absolute atomic E-state index is 0.219. The van der Waals surface area contributed by atoms with Gasteiger partial charge >= 0.3 is 0 Å². The fourth-order valence-electron chi connectivity index (χ4n) is 2.18. The second kappa shape index (κ2) is 4.22. The van der Waals surface area contributed by atoms with Crippen molar-refractivity contribution in [2.75, 3.05) is 13.1 Å². The van der Waals surface area contributed by atoms with Crippen molar-refractivity contribution in [1.29, 1.82) is 5.26 Å². The molecule has 1 atom stereocenters. The van der Waals surface area contributed by atoms with Crippen molar-refractivity contribution in [2.24, 2.45) is 5.41 Å². The molecule has 0 spiro atoms. The highest BCUT2D eigenvalue weighted by Gasteiger charge is 2.31. The van der Waals surface area contributed by atoms with Crippen molar-refractivity contribution in [3.05, 3.63) is 11.4 Å². The molecule has 16 heavy (non-hydrogen) atoms. The Morgan fingerprint density at radius 2 is 2.38 bits per heavy atom. The summed E-state index contributed by atoms with van der Waals surface area (Å²) in [6, 6.07) is 2.40. The largest absolute Gasteiger partial charge is 0.296 e. The molecule has 2 rings (SSSR count). The van der Waals surface area contributed by atoms with E-state index in [2.05, 4.69) is 25.9 Å². The first-order valence-electron chi connectivity index (χ1n) is 5.55. The quantitative estimate of drug-likeness (QED) is 0.755. The number of hydrogen-bond acceptors (Lipinski definition) is 5. The molecule has 1 aliphatic rings. The summed E-state index contributed by atoms with van der Waals surface area (Å²) in [7, 11) is 0. The van der Waals surface area contributed by atoms with Crippen LogP contribution < -0.4 is 0 Å². The summed E-state index contributed by atoms with van der Waals surface area (Å²) in [5.41, 5.74) is 1.50. The second-order valence-electron chi connectivity index (χ2n) is 4.78. The topological polar surface area (TPSA) is 66.0 Å². The molecule has 1 aliphatic heterocycles. The van der Waals surface area contributed by atoms with Crippen LogP contribution in [0.3, 0.4) is 0 Å². The predicted molar refractivity (Wildman–Crippen MR) is 57.3 cm³/mol. The SMILES string of the molecule is Cc1nonc1CN1CCC[C@](C)(C#N)C1. The van der Waals surface area contributed by atoms with Crippen LogP contribution in [0.1, 0.15) is 31.2 Å². The van der Waals surface area contributed by atoms with Gasteiger partial charge in [-0.15, -0.1) is 0 Å². The van der Waals surface area contributed by atoms with E-state index in [0.29, 0.717) is 0 Å². The second-order valence-corrected chi connectivity index (χ2v) is 4.78. The molecule has 5 nitrogen and oxygen atoms in total. The summed E-state index contributed by atoms with van der Waals surface area (Å²) in [6.07, 6.45) is 2.05. The molecule has 86 valence electrons. The van der Waals surface area contributed by atoms with Crippen molar-refractivity contribution >= 4 is 0 Å². The number of rotatable bonds is 2. The highest BCUT2D eigenvalue weighted by atomic mass is 16.6. The molecule has 1 saturated heterocycles. The lowest BCUT2D eigenvalue weighted by Gasteiger charge is -2.35. The van der Waals surface area contributed by atoms with Crippen LogP contribution in [0.5, 0.6) is 0 Å². The van der Waals surface area contributed by atoms with E-state index < -0.39 is 0 Å². The summed E-state index contributed by atoms with van der Waals surface area (Å²) in [4.78, 5) is 2.25. The summed E-state index contributed by atoms with van der Waals surface area (Å²) in [5, 5.41) is 16.8. The maximum Gasteiger partial charge on any atom is 0.122 e. The third kappa shape index (κ3) is 2.22. The maximum atomic E-state index is 9.13. The number of aryl methyl sites for hydroxylation is 1. The Morgan fingerprint density at radius 1 is 1.56 bits per heavy atom. The van der Waals surface area contributed by atoms with Gasteiger partial charge in [0.05, 0.1) is 11.5 Å². The normalized spacial score (nSPS) is 26.6. The third-order valence-corrected chi connectivity index (χ3v) is 3.17. The monoisotopic (exact) mass is 220 g/mol. The molecule has 0 bridgehead atoms. The zero-order valence-corrected chi connectivity index (χ0v) is 9.73. The first kappa shape index (κ1) is 11.1. The fourth-order valence-corrected chi connectivity index (χ4v) is 2.18. The summed E-state index contributed by atoms with van der Waals surface area (Å²) >= 11 is 0. The zero-order chi connectivity index (χ0) is 11.6. The molecular formula is C11H16N4O.